The van der Waals surface area contributed by atoms with E-state index >= 15 is 0 Å². The predicted octanol–water partition coefficient (Wildman–Crippen LogP) is 5.21. The highest BCUT2D eigenvalue weighted by molar-refractivity contribution is 6.03. The van der Waals surface area contributed by atoms with Gasteiger partial charge in [-0.05, 0) is 54.3 Å². The maximum absolute atomic E-state index is 13.5. The number of fused-ring (bicyclic) bond motifs is 1. The van der Waals surface area contributed by atoms with Gasteiger partial charge >= 0.3 is 6.18 Å². The Balaban J connectivity index is 1.75. The molecule has 0 aliphatic heterocycles. The lowest BCUT2D eigenvalue weighted by Crippen LogP contribution is -2.42. The maximum Gasteiger partial charge on any atom is 0.423 e. The molecule has 4 aromatic rings. The van der Waals surface area contributed by atoms with Gasteiger partial charge in [-0.25, -0.2) is 14.1 Å². The average molecular weight is 501 g/mol. The number of aliphatic hydroxyl groups is 1. The molecule has 1 N–H and O–H groups in total. The monoisotopic (exact) mass is 501 g/mol. The number of hydrogen-bond acceptors (Lipinski definition) is 6. The molecule has 0 spiro atoms. The van der Waals surface area contributed by atoms with Crippen LogP contribution in [0.1, 0.15) is 37.2 Å². The van der Waals surface area contributed by atoms with Gasteiger partial charge in [0.05, 0.1) is 24.0 Å². The molecule has 0 bridgehead atoms. The van der Waals surface area contributed by atoms with Crippen LogP contribution >= 0.6 is 0 Å². The minimum atomic E-state index is -4.88. The van der Waals surface area contributed by atoms with Crippen LogP contribution in [0.25, 0.3) is 22.0 Å². The number of halogens is 4. The number of alkyl halides is 3. The SMILES string of the molecule is CCC(O)(c1cn(Cc2ccc3c(-c4ccc(F)cc4)cc(/C(C)=N/OC)nc3c2)nn1)C(F)(F)F. The molecule has 0 aliphatic carbocycles. The van der Waals surface area contributed by atoms with Crippen LogP contribution in [0.2, 0.25) is 0 Å². The summed E-state index contributed by atoms with van der Waals surface area (Å²) in [5.41, 5.74) is 0.291. The topological polar surface area (TPSA) is 85.4 Å². The van der Waals surface area contributed by atoms with Crippen LogP contribution in [-0.4, -0.2) is 44.1 Å². The molecule has 36 heavy (non-hydrogen) atoms. The van der Waals surface area contributed by atoms with Gasteiger partial charge in [-0.15, -0.1) is 5.10 Å². The maximum atomic E-state index is 13.5. The van der Waals surface area contributed by atoms with Crippen LogP contribution in [0.5, 0.6) is 0 Å². The van der Waals surface area contributed by atoms with Gasteiger partial charge in [-0.3, -0.25) is 0 Å². The quantitative estimate of drug-likeness (QED) is 0.214. The smallest absolute Gasteiger partial charge is 0.399 e. The molecular formula is C25H23F4N5O2. The van der Waals surface area contributed by atoms with Crippen LogP contribution in [0.4, 0.5) is 17.6 Å². The zero-order valence-electron chi connectivity index (χ0n) is 19.7. The third kappa shape index (κ3) is 4.78. The fourth-order valence-corrected chi connectivity index (χ4v) is 3.89. The first-order chi connectivity index (χ1) is 17.1. The van der Waals surface area contributed by atoms with E-state index < -0.39 is 23.9 Å². The summed E-state index contributed by atoms with van der Waals surface area (Å²) < 4.78 is 54.9. The summed E-state index contributed by atoms with van der Waals surface area (Å²) in [7, 11) is 1.42. The number of rotatable bonds is 7. The lowest BCUT2D eigenvalue weighted by Gasteiger charge is -2.26. The van der Waals surface area contributed by atoms with Gasteiger partial charge in [0.15, 0.2) is 0 Å². The van der Waals surface area contributed by atoms with Crippen LogP contribution in [-0.2, 0) is 17.0 Å². The lowest BCUT2D eigenvalue weighted by molar-refractivity contribution is -0.269. The molecule has 7 nitrogen and oxygen atoms in total. The second-order valence-corrected chi connectivity index (χ2v) is 8.29. The van der Waals surface area contributed by atoms with E-state index in [4.69, 9.17) is 4.84 Å². The number of oxime groups is 1. The number of hydrogen-bond donors (Lipinski definition) is 1. The van der Waals surface area contributed by atoms with Crippen molar-refractivity contribution in [3.63, 3.8) is 0 Å². The van der Waals surface area contributed by atoms with E-state index in [2.05, 4.69) is 20.5 Å². The van der Waals surface area contributed by atoms with Crippen LogP contribution in [0.15, 0.2) is 59.9 Å². The van der Waals surface area contributed by atoms with Crippen molar-refractivity contribution < 1.29 is 27.5 Å². The molecule has 0 amide bonds. The summed E-state index contributed by atoms with van der Waals surface area (Å²) in [5, 5.41) is 22.2. The molecule has 2 heterocycles. The predicted molar refractivity (Wildman–Crippen MR) is 126 cm³/mol. The Bertz CT molecular complexity index is 1420. The Morgan fingerprint density at radius 3 is 2.47 bits per heavy atom. The fraction of sp³-hybridized carbons (Fsp3) is 0.280. The summed E-state index contributed by atoms with van der Waals surface area (Å²) >= 11 is 0. The Hall–Kier alpha value is -3.86. The number of aromatic nitrogens is 4. The van der Waals surface area contributed by atoms with E-state index in [0.29, 0.717) is 22.5 Å². The van der Waals surface area contributed by atoms with Crippen LogP contribution in [0, 0.1) is 5.82 Å². The van der Waals surface area contributed by atoms with Gasteiger partial charge in [-0.1, -0.05) is 41.6 Å². The van der Waals surface area contributed by atoms with Gasteiger partial charge in [0.25, 0.3) is 0 Å². The largest absolute Gasteiger partial charge is 0.423 e. The van der Waals surface area contributed by atoms with Gasteiger partial charge in [-0.2, -0.15) is 13.2 Å². The first-order valence-corrected chi connectivity index (χ1v) is 11.0. The zero-order valence-corrected chi connectivity index (χ0v) is 19.7. The summed E-state index contributed by atoms with van der Waals surface area (Å²) in [5.74, 6) is -0.357. The van der Waals surface area contributed by atoms with Crippen molar-refractivity contribution in [2.24, 2.45) is 5.16 Å². The zero-order chi connectivity index (χ0) is 26.1. The Kier molecular flexibility index (Phi) is 6.77. The van der Waals surface area contributed by atoms with E-state index in [-0.39, 0.29) is 12.4 Å². The summed E-state index contributed by atoms with van der Waals surface area (Å²) in [6, 6.07) is 13.3. The third-order valence-electron chi connectivity index (χ3n) is 5.92. The molecule has 1 atom stereocenters. The Morgan fingerprint density at radius 1 is 1.11 bits per heavy atom. The van der Waals surface area contributed by atoms with Crippen LogP contribution < -0.4 is 0 Å². The second-order valence-electron chi connectivity index (χ2n) is 8.29. The van der Waals surface area contributed by atoms with E-state index in [0.717, 1.165) is 22.7 Å². The van der Waals surface area contributed by atoms with Crippen molar-refractivity contribution in [3.8, 4) is 11.1 Å². The Labute approximate surface area is 204 Å². The summed E-state index contributed by atoms with van der Waals surface area (Å²) in [6.07, 6.45) is -4.39. The minimum absolute atomic E-state index is 0.101. The first-order valence-electron chi connectivity index (χ1n) is 11.0. The number of benzene rings is 2. The van der Waals surface area contributed by atoms with E-state index in [9.17, 15) is 22.7 Å². The molecule has 188 valence electrons. The second kappa shape index (κ2) is 9.65. The minimum Gasteiger partial charge on any atom is -0.399 e. The van der Waals surface area contributed by atoms with Crippen molar-refractivity contribution in [2.45, 2.75) is 38.6 Å². The fourth-order valence-electron chi connectivity index (χ4n) is 3.89. The molecule has 1 unspecified atom stereocenters. The van der Waals surface area contributed by atoms with Crippen molar-refractivity contribution in [1.29, 1.82) is 0 Å². The van der Waals surface area contributed by atoms with Crippen LogP contribution in [0.3, 0.4) is 0 Å². The molecule has 11 heteroatoms. The third-order valence-corrected chi connectivity index (χ3v) is 5.92. The summed E-state index contributed by atoms with van der Waals surface area (Å²) in [6.45, 7) is 3.07. The van der Waals surface area contributed by atoms with E-state index in [1.807, 2.05) is 12.1 Å². The molecule has 0 fully saturated rings. The number of pyridine rings is 1. The van der Waals surface area contributed by atoms with Crippen molar-refractivity contribution in [2.75, 3.05) is 7.11 Å². The normalized spacial score (nSPS) is 14.2. The molecule has 0 radical (unpaired) electrons. The highest BCUT2D eigenvalue weighted by atomic mass is 19.4. The molecule has 0 aliphatic rings. The first kappa shape index (κ1) is 25.2. The van der Waals surface area contributed by atoms with Gasteiger partial charge < -0.3 is 9.94 Å². The molecular weight excluding hydrogens is 478 g/mol. The Morgan fingerprint density at radius 2 is 1.83 bits per heavy atom. The van der Waals surface area contributed by atoms with Crippen molar-refractivity contribution in [3.05, 3.63) is 77.5 Å². The number of nitrogens with zero attached hydrogens (tertiary/aromatic N) is 5. The van der Waals surface area contributed by atoms with Gasteiger partial charge in [0, 0.05) is 5.39 Å². The molecule has 0 saturated carbocycles. The van der Waals surface area contributed by atoms with Crippen molar-refractivity contribution in [1.82, 2.24) is 20.0 Å². The highest BCUT2D eigenvalue weighted by Gasteiger charge is 2.55. The van der Waals surface area contributed by atoms with Gasteiger partial charge in [0.2, 0.25) is 5.60 Å². The van der Waals surface area contributed by atoms with Crippen molar-refractivity contribution >= 4 is 16.6 Å². The van der Waals surface area contributed by atoms with E-state index in [1.165, 1.54) is 30.8 Å². The molecule has 0 saturated heterocycles. The highest BCUT2D eigenvalue weighted by Crippen LogP contribution is 2.40. The standard InChI is InChI=1S/C25H23F4N5O2/c1-4-24(35,25(27,28)29)23-14-34(33-31-23)13-16-5-10-19-20(17-6-8-18(26)9-7-17)12-21(15(2)32-36-3)30-22(19)11-16/h5-12,14,35H,4,13H2,1-3H3/b32-15+. The van der Waals surface area contributed by atoms with Gasteiger partial charge in [0.1, 0.15) is 24.3 Å². The lowest BCUT2D eigenvalue weighted by atomic mass is 9.96. The molecule has 2 aromatic heterocycles. The summed E-state index contributed by atoms with van der Waals surface area (Å²) in [4.78, 5) is 9.55. The average Bonchev–Trinajstić information content (AvgIpc) is 3.31. The van der Waals surface area contributed by atoms with E-state index in [1.54, 1.807) is 31.2 Å². The molecule has 2 aromatic carbocycles. The molecule has 4 rings (SSSR count).